The van der Waals surface area contributed by atoms with E-state index in [1.807, 2.05) is 0 Å². The van der Waals surface area contributed by atoms with Crippen LogP contribution in [0.4, 0.5) is 5.95 Å². The Balaban J connectivity index is 1.06. The molecule has 36 heavy (non-hydrogen) atoms. The molecule has 2 aromatic heterocycles. The third-order valence-corrected chi connectivity index (χ3v) is 7.18. The summed E-state index contributed by atoms with van der Waals surface area (Å²) in [5.74, 6) is 0.939. The highest BCUT2D eigenvalue weighted by Crippen LogP contribution is 2.23. The summed E-state index contributed by atoms with van der Waals surface area (Å²) in [6, 6.07) is 8.62. The van der Waals surface area contributed by atoms with Gasteiger partial charge in [-0.05, 0) is 56.7 Å². The predicted molar refractivity (Wildman–Crippen MR) is 138 cm³/mol. The Morgan fingerprint density at radius 1 is 1.14 bits per heavy atom. The summed E-state index contributed by atoms with van der Waals surface area (Å²) in [6.45, 7) is 7.54. The van der Waals surface area contributed by atoms with Crippen molar-refractivity contribution in [3.63, 3.8) is 0 Å². The number of piperidine rings is 1. The van der Waals surface area contributed by atoms with Gasteiger partial charge in [-0.25, -0.2) is 20.3 Å². The first-order chi connectivity index (χ1) is 17.7. The zero-order chi connectivity index (χ0) is 24.7. The van der Waals surface area contributed by atoms with Crippen LogP contribution in [0.1, 0.15) is 54.9 Å². The quantitative estimate of drug-likeness (QED) is 0.441. The molecule has 1 unspecified atom stereocenters. The minimum absolute atomic E-state index is 0.359. The molecule has 2 fully saturated rings. The number of ether oxygens (including phenoxy) is 1. The normalized spacial score (nSPS) is 19.0. The first-order valence-electron chi connectivity index (χ1n) is 13.1. The maximum Gasteiger partial charge on any atom is 0.278 e. The van der Waals surface area contributed by atoms with Gasteiger partial charge in [0.15, 0.2) is 6.29 Å². The minimum Gasteiger partial charge on any atom is -0.350 e. The molecule has 0 spiro atoms. The van der Waals surface area contributed by atoms with Crippen molar-refractivity contribution in [1.82, 2.24) is 25.3 Å². The summed E-state index contributed by atoms with van der Waals surface area (Å²) in [7, 11) is 0. The number of benzene rings is 1. The van der Waals surface area contributed by atoms with E-state index in [0.29, 0.717) is 24.0 Å². The largest absolute Gasteiger partial charge is 0.350 e. The number of hydrogen-bond acceptors (Lipinski definition) is 7. The molecule has 1 aromatic carbocycles. The van der Waals surface area contributed by atoms with E-state index in [0.717, 1.165) is 64.8 Å². The molecule has 9 heteroatoms. The van der Waals surface area contributed by atoms with Crippen molar-refractivity contribution in [2.45, 2.75) is 58.4 Å². The Bertz CT molecular complexity index is 1130. The minimum atomic E-state index is -0.379. The van der Waals surface area contributed by atoms with Gasteiger partial charge in [-0.3, -0.25) is 4.79 Å². The fourth-order valence-corrected chi connectivity index (χ4v) is 5.06. The third kappa shape index (κ3) is 5.86. The van der Waals surface area contributed by atoms with E-state index in [2.05, 4.69) is 67.6 Å². The second-order valence-electron chi connectivity index (χ2n) is 9.64. The molecular formula is C27H36N6O3. The zero-order valence-corrected chi connectivity index (χ0v) is 21.0. The molecule has 0 radical (unpaired) electrons. The van der Waals surface area contributed by atoms with Gasteiger partial charge in [0, 0.05) is 68.7 Å². The molecule has 9 nitrogen and oxygen atoms in total. The molecule has 2 saturated heterocycles. The number of hydrogen-bond donors (Lipinski definition) is 2. The van der Waals surface area contributed by atoms with Crippen LogP contribution in [0.25, 0.3) is 10.9 Å². The average molecular weight is 493 g/mol. The van der Waals surface area contributed by atoms with Crippen LogP contribution >= 0.6 is 0 Å². The molecule has 3 aromatic rings. The number of amides is 1. The van der Waals surface area contributed by atoms with Gasteiger partial charge in [-0.2, -0.15) is 0 Å². The molecular weight excluding hydrogens is 456 g/mol. The number of aromatic nitrogens is 3. The van der Waals surface area contributed by atoms with E-state index in [4.69, 9.17) is 9.57 Å². The van der Waals surface area contributed by atoms with Crippen LogP contribution in [-0.4, -0.2) is 53.0 Å². The number of nitrogens with zero attached hydrogens (tertiary/aromatic N) is 4. The molecule has 1 amide bonds. The second-order valence-corrected chi connectivity index (χ2v) is 9.64. The summed E-state index contributed by atoms with van der Waals surface area (Å²) >= 11 is 0. The lowest BCUT2D eigenvalue weighted by Crippen LogP contribution is -2.38. The average Bonchev–Trinajstić information content (AvgIpc) is 3.30. The molecule has 2 aliphatic heterocycles. The van der Waals surface area contributed by atoms with Crippen molar-refractivity contribution < 1.29 is 14.4 Å². The first-order valence-corrected chi connectivity index (χ1v) is 13.1. The summed E-state index contributed by atoms with van der Waals surface area (Å²) in [5.41, 5.74) is 5.49. The SMILES string of the molecule is CCn1cc(CNCC2CCN(c3ncc(C(=O)NOC4CCCCO4)cn3)CC2)c2ccccc21. The number of hydroxylamine groups is 1. The summed E-state index contributed by atoms with van der Waals surface area (Å²) in [6.07, 6.45) is 10.0. The van der Waals surface area contributed by atoms with Gasteiger partial charge in [0.2, 0.25) is 5.95 Å². The van der Waals surface area contributed by atoms with Crippen LogP contribution in [0.5, 0.6) is 0 Å². The number of aryl methyl sites for hydroxylation is 1. The van der Waals surface area contributed by atoms with Crippen molar-refractivity contribution in [2.24, 2.45) is 5.92 Å². The summed E-state index contributed by atoms with van der Waals surface area (Å²) in [5, 5.41) is 5.02. The van der Waals surface area contributed by atoms with E-state index >= 15 is 0 Å². The predicted octanol–water partition coefficient (Wildman–Crippen LogP) is 3.65. The van der Waals surface area contributed by atoms with Crippen LogP contribution in [0.3, 0.4) is 0 Å². The Hall–Kier alpha value is -3.01. The molecule has 0 aliphatic carbocycles. The number of rotatable bonds is 9. The summed E-state index contributed by atoms with van der Waals surface area (Å²) in [4.78, 5) is 28.7. The molecule has 0 bridgehead atoms. The summed E-state index contributed by atoms with van der Waals surface area (Å²) < 4.78 is 7.78. The zero-order valence-electron chi connectivity index (χ0n) is 21.0. The van der Waals surface area contributed by atoms with Gasteiger partial charge in [0.1, 0.15) is 0 Å². The van der Waals surface area contributed by atoms with Gasteiger partial charge in [-0.15, -0.1) is 0 Å². The maximum absolute atomic E-state index is 12.3. The molecule has 0 saturated carbocycles. The number of para-hydroxylation sites is 1. The Morgan fingerprint density at radius 3 is 2.69 bits per heavy atom. The lowest BCUT2D eigenvalue weighted by atomic mass is 9.97. The van der Waals surface area contributed by atoms with Gasteiger partial charge >= 0.3 is 0 Å². The number of anilines is 1. The Kier molecular flexibility index (Phi) is 8.10. The lowest BCUT2D eigenvalue weighted by molar-refractivity contribution is -0.186. The highest BCUT2D eigenvalue weighted by atomic mass is 16.8. The number of nitrogens with one attached hydrogen (secondary N) is 2. The van der Waals surface area contributed by atoms with E-state index in [1.54, 1.807) is 12.4 Å². The number of carbonyl (C=O) groups excluding carboxylic acids is 1. The van der Waals surface area contributed by atoms with E-state index in [9.17, 15) is 4.79 Å². The van der Waals surface area contributed by atoms with Crippen molar-refractivity contribution in [3.05, 3.63) is 54.0 Å². The van der Waals surface area contributed by atoms with Gasteiger partial charge in [0.05, 0.1) is 5.56 Å². The fourth-order valence-electron chi connectivity index (χ4n) is 5.06. The van der Waals surface area contributed by atoms with E-state index < -0.39 is 0 Å². The molecule has 2 aliphatic rings. The molecule has 192 valence electrons. The van der Waals surface area contributed by atoms with E-state index in [1.165, 1.54) is 16.5 Å². The van der Waals surface area contributed by atoms with Crippen LogP contribution in [0.15, 0.2) is 42.9 Å². The van der Waals surface area contributed by atoms with Crippen LogP contribution in [0.2, 0.25) is 0 Å². The highest BCUT2D eigenvalue weighted by Gasteiger charge is 2.22. The molecule has 1 atom stereocenters. The molecule has 4 heterocycles. The van der Waals surface area contributed by atoms with Gasteiger partial charge < -0.3 is 19.5 Å². The molecule has 5 rings (SSSR count). The smallest absolute Gasteiger partial charge is 0.278 e. The first kappa shape index (κ1) is 24.7. The Labute approximate surface area is 212 Å². The van der Waals surface area contributed by atoms with Crippen molar-refractivity contribution in [2.75, 3.05) is 31.1 Å². The van der Waals surface area contributed by atoms with Crippen molar-refractivity contribution in [3.8, 4) is 0 Å². The third-order valence-electron chi connectivity index (χ3n) is 7.18. The van der Waals surface area contributed by atoms with Crippen molar-refractivity contribution >= 4 is 22.8 Å². The highest BCUT2D eigenvalue weighted by molar-refractivity contribution is 5.92. The van der Waals surface area contributed by atoms with Gasteiger partial charge in [-0.1, -0.05) is 18.2 Å². The lowest BCUT2D eigenvalue weighted by Gasteiger charge is -2.32. The van der Waals surface area contributed by atoms with Crippen LogP contribution < -0.4 is 15.7 Å². The van der Waals surface area contributed by atoms with E-state index in [-0.39, 0.29) is 12.2 Å². The second kappa shape index (κ2) is 11.8. The number of fused-ring (bicyclic) bond motifs is 1. The Morgan fingerprint density at radius 2 is 1.94 bits per heavy atom. The van der Waals surface area contributed by atoms with Crippen LogP contribution in [-0.2, 0) is 22.7 Å². The standard InChI is InChI=1S/C27H36N6O3/c1-2-32-19-22(23-7-3-4-8-24(23)32)16-28-15-20-10-12-33(13-11-20)27-29-17-21(18-30-27)26(34)31-36-25-9-5-6-14-35-25/h3-4,7-8,17-20,25,28H,2,5-6,9-16H2,1H3,(H,31,34). The maximum atomic E-state index is 12.3. The molecule has 2 N–H and O–H groups in total. The topological polar surface area (TPSA) is 93.5 Å². The number of carbonyl (C=O) groups is 1. The monoisotopic (exact) mass is 492 g/mol. The van der Waals surface area contributed by atoms with Gasteiger partial charge in [0.25, 0.3) is 5.91 Å². The van der Waals surface area contributed by atoms with Crippen LogP contribution in [0, 0.1) is 5.92 Å². The van der Waals surface area contributed by atoms with Crippen molar-refractivity contribution in [1.29, 1.82) is 0 Å². The fraction of sp³-hybridized carbons (Fsp3) is 0.519.